The molecule has 0 aliphatic heterocycles. The SMILES string of the molecule is CC1C(C)C(CO)C(C)C(S(=O)[O-])C1C. The molecule has 0 aromatic rings. The van der Waals surface area contributed by atoms with Gasteiger partial charge in [-0.05, 0) is 29.6 Å². The van der Waals surface area contributed by atoms with Crippen molar-refractivity contribution < 1.29 is 13.9 Å². The van der Waals surface area contributed by atoms with E-state index in [9.17, 15) is 13.9 Å². The molecule has 1 N–H and O–H groups in total. The average molecular weight is 233 g/mol. The van der Waals surface area contributed by atoms with Crippen LogP contribution in [0.5, 0.6) is 0 Å². The zero-order valence-electron chi connectivity index (χ0n) is 9.84. The molecule has 0 heterocycles. The Balaban J connectivity index is 2.95. The van der Waals surface area contributed by atoms with E-state index in [1.807, 2.05) is 13.8 Å². The highest BCUT2D eigenvalue weighted by Gasteiger charge is 2.43. The van der Waals surface area contributed by atoms with Crippen LogP contribution in [0.2, 0.25) is 0 Å². The van der Waals surface area contributed by atoms with Crippen LogP contribution in [0.15, 0.2) is 0 Å². The normalized spacial score (nSPS) is 48.9. The van der Waals surface area contributed by atoms with E-state index in [0.29, 0.717) is 11.8 Å². The first kappa shape index (κ1) is 13.1. The number of hydrogen-bond donors (Lipinski definition) is 1. The van der Waals surface area contributed by atoms with Crippen LogP contribution in [0.4, 0.5) is 0 Å². The first-order valence-electron chi connectivity index (χ1n) is 5.60. The fourth-order valence-corrected chi connectivity index (χ4v) is 4.20. The minimum absolute atomic E-state index is 0.0505. The van der Waals surface area contributed by atoms with E-state index in [1.54, 1.807) is 0 Å². The molecule has 0 bridgehead atoms. The number of aliphatic hydroxyl groups excluding tert-OH is 1. The van der Waals surface area contributed by atoms with Crippen molar-refractivity contribution in [2.45, 2.75) is 32.9 Å². The number of aliphatic hydroxyl groups is 1. The van der Waals surface area contributed by atoms with Gasteiger partial charge in [0.15, 0.2) is 0 Å². The second kappa shape index (κ2) is 4.93. The maximum Gasteiger partial charge on any atom is 0.0464 e. The first-order chi connectivity index (χ1) is 6.91. The number of hydrogen-bond acceptors (Lipinski definition) is 3. The van der Waals surface area contributed by atoms with E-state index in [4.69, 9.17) is 0 Å². The maximum atomic E-state index is 11.2. The second-order valence-corrected chi connectivity index (χ2v) is 6.07. The summed E-state index contributed by atoms with van der Waals surface area (Å²) in [7, 11) is 0. The monoisotopic (exact) mass is 233 g/mol. The van der Waals surface area contributed by atoms with Gasteiger partial charge in [-0.1, -0.05) is 38.8 Å². The van der Waals surface area contributed by atoms with Gasteiger partial charge in [0, 0.05) is 11.9 Å². The van der Waals surface area contributed by atoms with Gasteiger partial charge in [0.25, 0.3) is 0 Å². The Morgan fingerprint density at radius 2 is 1.60 bits per heavy atom. The summed E-state index contributed by atoms with van der Waals surface area (Å²) in [6.07, 6.45) is 0. The van der Waals surface area contributed by atoms with Gasteiger partial charge in [0.05, 0.1) is 0 Å². The lowest BCUT2D eigenvalue weighted by molar-refractivity contribution is 0.0351. The minimum atomic E-state index is -2.03. The van der Waals surface area contributed by atoms with Crippen molar-refractivity contribution in [1.82, 2.24) is 0 Å². The molecule has 1 saturated carbocycles. The van der Waals surface area contributed by atoms with Crippen molar-refractivity contribution in [3.8, 4) is 0 Å². The molecular formula is C11H21O3S-. The molecule has 0 aromatic heterocycles. The predicted molar refractivity (Wildman–Crippen MR) is 59.9 cm³/mol. The van der Waals surface area contributed by atoms with E-state index in [0.717, 1.165) is 0 Å². The Kier molecular flexibility index (Phi) is 4.32. The first-order valence-corrected chi connectivity index (χ1v) is 6.74. The molecule has 0 radical (unpaired) electrons. The molecule has 0 spiro atoms. The van der Waals surface area contributed by atoms with Crippen molar-refractivity contribution >= 4 is 11.1 Å². The van der Waals surface area contributed by atoms with Crippen LogP contribution >= 0.6 is 0 Å². The summed E-state index contributed by atoms with van der Waals surface area (Å²) in [5, 5.41) is 9.02. The second-order valence-electron chi connectivity index (χ2n) is 5.01. The Morgan fingerprint density at radius 1 is 1.07 bits per heavy atom. The maximum absolute atomic E-state index is 11.2. The lowest BCUT2D eigenvalue weighted by Gasteiger charge is -2.48. The molecular weight excluding hydrogens is 212 g/mol. The molecule has 1 aliphatic carbocycles. The van der Waals surface area contributed by atoms with Crippen LogP contribution in [0.1, 0.15) is 27.7 Å². The van der Waals surface area contributed by atoms with Gasteiger partial charge in [0.1, 0.15) is 0 Å². The van der Waals surface area contributed by atoms with Gasteiger partial charge in [-0.2, -0.15) is 0 Å². The van der Waals surface area contributed by atoms with E-state index >= 15 is 0 Å². The Labute approximate surface area is 94.6 Å². The molecule has 3 nitrogen and oxygen atoms in total. The molecule has 1 rings (SSSR count). The summed E-state index contributed by atoms with van der Waals surface area (Å²) in [5.74, 6) is 1.07. The van der Waals surface area contributed by atoms with Crippen molar-refractivity contribution in [3.05, 3.63) is 0 Å². The highest BCUT2D eigenvalue weighted by Crippen LogP contribution is 2.43. The van der Waals surface area contributed by atoms with Crippen LogP contribution in [-0.4, -0.2) is 25.7 Å². The summed E-state index contributed by atoms with van der Waals surface area (Å²) < 4.78 is 22.4. The predicted octanol–water partition coefficient (Wildman–Crippen LogP) is 1.40. The molecule has 7 unspecified atom stereocenters. The molecule has 0 aromatic carbocycles. The van der Waals surface area contributed by atoms with Crippen molar-refractivity contribution in [3.63, 3.8) is 0 Å². The highest BCUT2D eigenvalue weighted by molar-refractivity contribution is 7.79. The summed E-state index contributed by atoms with van der Waals surface area (Å²) >= 11 is -2.03. The smallest absolute Gasteiger partial charge is 0.0464 e. The Hall–Kier alpha value is 0.0700. The quantitative estimate of drug-likeness (QED) is 0.733. The molecule has 90 valence electrons. The van der Waals surface area contributed by atoms with E-state index in [-0.39, 0.29) is 29.6 Å². The van der Waals surface area contributed by atoms with Crippen LogP contribution < -0.4 is 0 Å². The third kappa shape index (κ3) is 2.27. The fourth-order valence-electron chi connectivity index (χ4n) is 3.05. The largest absolute Gasteiger partial charge is 0.772 e. The summed E-state index contributed by atoms with van der Waals surface area (Å²) in [4.78, 5) is 0. The summed E-state index contributed by atoms with van der Waals surface area (Å²) in [6.45, 7) is 8.24. The molecule has 1 fully saturated rings. The standard InChI is InChI=1S/C11H22O3S/c1-6-7(2)10(5-12)9(4)11(8(6)3)15(13)14/h6-12H,5H2,1-4H3,(H,13,14)/p-1. The van der Waals surface area contributed by atoms with E-state index < -0.39 is 11.1 Å². The summed E-state index contributed by atoms with van der Waals surface area (Å²) in [5.41, 5.74) is 0. The van der Waals surface area contributed by atoms with E-state index in [2.05, 4.69) is 13.8 Å². The van der Waals surface area contributed by atoms with Crippen LogP contribution in [0.3, 0.4) is 0 Å². The Bertz CT molecular complexity index is 244. The van der Waals surface area contributed by atoms with Crippen molar-refractivity contribution in [2.24, 2.45) is 29.6 Å². The third-order valence-corrected chi connectivity index (χ3v) is 5.78. The summed E-state index contributed by atoms with van der Waals surface area (Å²) in [6, 6.07) is 0. The molecule has 0 saturated heterocycles. The molecule has 15 heavy (non-hydrogen) atoms. The van der Waals surface area contributed by atoms with Crippen LogP contribution in [0.25, 0.3) is 0 Å². The topological polar surface area (TPSA) is 60.4 Å². The molecule has 4 heteroatoms. The van der Waals surface area contributed by atoms with Gasteiger partial charge < -0.3 is 9.66 Å². The van der Waals surface area contributed by atoms with Crippen molar-refractivity contribution in [1.29, 1.82) is 0 Å². The average Bonchev–Trinajstić information content (AvgIpc) is 2.15. The highest BCUT2D eigenvalue weighted by atomic mass is 32.2. The zero-order chi connectivity index (χ0) is 11.7. The fraction of sp³-hybridized carbons (Fsp3) is 1.00. The lowest BCUT2D eigenvalue weighted by Crippen LogP contribution is -2.48. The Morgan fingerprint density at radius 3 is 2.00 bits per heavy atom. The van der Waals surface area contributed by atoms with Crippen LogP contribution in [0, 0.1) is 29.6 Å². The van der Waals surface area contributed by atoms with Gasteiger partial charge in [-0.3, -0.25) is 4.21 Å². The number of rotatable bonds is 2. The molecule has 1 aliphatic rings. The molecule has 0 amide bonds. The van der Waals surface area contributed by atoms with Gasteiger partial charge in [0.2, 0.25) is 0 Å². The zero-order valence-corrected chi connectivity index (χ0v) is 10.7. The van der Waals surface area contributed by atoms with Gasteiger partial charge >= 0.3 is 0 Å². The lowest BCUT2D eigenvalue weighted by atomic mass is 9.64. The van der Waals surface area contributed by atoms with Gasteiger partial charge in [-0.15, -0.1) is 0 Å². The van der Waals surface area contributed by atoms with Gasteiger partial charge in [-0.25, -0.2) is 0 Å². The van der Waals surface area contributed by atoms with Crippen LogP contribution in [-0.2, 0) is 11.1 Å². The minimum Gasteiger partial charge on any atom is -0.772 e. The van der Waals surface area contributed by atoms with E-state index in [1.165, 1.54) is 0 Å². The third-order valence-electron chi connectivity index (χ3n) is 4.48. The van der Waals surface area contributed by atoms with Crippen molar-refractivity contribution in [2.75, 3.05) is 6.61 Å². The molecule has 7 atom stereocenters.